The molecule has 8 nitrogen and oxygen atoms in total. The molecule has 2 N–H and O–H groups in total. The average Bonchev–Trinajstić information content (AvgIpc) is 3.13. The van der Waals surface area contributed by atoms with Gasteiger partial charge in [0.1, 0.15) is 17.6 Å². The number of aliphatic imine (C=N–C) groups is 1. The number of halogens is 1. The van der Waals surface area contributed by atoms with Crippen LogP contribution in [0.1, 0.15) is 24.2 Å². The highest BCUT2D eigenvalue weighted by Crippen LogP contribution is 2.24. The first-order valence-corrected chi connectivity index (χ1v) is 9.10. The van der Waals surface area contributed by atoms with Crippen LogP contribution >= 0.6 is 24.0 Å². The molecule has 1 fully saturated rings. The summed E-state index contributed by atoms with van der Waals surface area (Å²) in [6.07, 6.45) is 3.78. The monoisotopic (exact) mass is 501 g/mol. The number of aromatic hydroxyl groups is 1. The first-order valence-electron chi connectivity index (χ1n) is 9.10. The first kappa shape index (κ1) is 22.3. The number of phenolic OH excluding ortho intramolecular Hbond substituents is 1. The quantitative estimate of drug-likeness (QED) is 0.372. The predicted molar refractivity (Wildman–Crippen MR) is 118 cm³/mol. The van der Waals surface area contributed by atoms with Gasteiger partial charge in [-0.25, -0.2) is 4.99 Å². The maximum atomic E-state index is 10.1. The summed E-state index contributed by atoms with van der Waals surface area (Å²) in [7, 11) is 3.51. The van der Waals surface area contributed by atoms with E-state index in [4.69, 9.17) is 14.5 Å². The Bertz CT molecular complexity index is 796. The lowest BCUT2D eigenvalue weighted by atomic mass is 10.1. The van der Waals surface area contributed by atoms with E-state index in [-0.39, 0.29) is 35.8 Å². The van der Waals surface area contributed by atoms with Crippen molar-refractivity contribution in [1.82, 2.24) is 20.0 Å². The Labute approximate surface area is 182 Å². The van der Waals surface area contributed by atoms with Crippen LogP contribution in [0.4, 0.5) is 0 Å². The van der Waals surface area contributed by atoms with Gasteiger partial charge in [-0.05, 0) is 25.1 Å². The predicted octanol–water partition coefficient (Wildman–Crippen LogP) is 2.29. The van der Waals surface area contributed by atoms with Gasteiger partial charge in [0.15, 0.2) is 5.96 Å². The fraction of sp³-hybridized carbons (Fsp3) is 0.474. The van der Waals surface area contributed by atoms with Crippen molar-refractivity contribution in [1.29, 1.82) is 0 Å². The lowest BCUT2D eigenvalue weighted by Gasteiger charge is -2.34. The molecule has 1 unspecified atom stereocenters. The van der Waals surface area contributed by atoms with E-state index in [1.807, 2.05) is 26.4 Å². The number of morpholine rings is 1. The number of nitrogens with one attached hydrogen (secondary N) is 1. The number of nitrogens with zero attached hydrogens (tertiary/aromatic N) is 4. The minimum Gasteiger partial charge on any atom is -0.508 e. The molecule has 28 heavy (non-hydrogen) atoms. The minimum atomic E-state index is -0.0403. The zero-order valence-electron chi connectivity index (χ0n) is 16.5. The van der Waals surface area contributed by atoms with Crippen LogP contribution in [-0.4, -0.2) is 59.1 Å². The van der Waals surface area contributed by atoms with Crippen LogP contribution in [0.15, 0.2) is 35.6 Å². The number of aryl methyl sites for hydroxylation is 1. The largest absolute Gasteiger partial charge is 0.508 e. The minimum absolute atomic E-state index is 0. The Morgan fingerprint density at radius 3 is 2.96 bits per heavy atom. The van der Waals surface area contributed by atoms with E-state index in [0.717, 1.165) is 30.2 Å². The van der Waals surface area contributed by atoms with Crippen LogP contribution in [0.5, 0.6) is 11.5 Å². The molecule has 9 heteroatoms. The summed E-state index contributed by atoms with van der Waals surface area (Å²) in [6, 6.07) is 5.16. The van der Waals surface area contributed by atoms with Gasteiger partial charge in [0, 0.05) is 37.5 Å². The van der Waals surface area contributed by atoms with Crippen molar-refractivity contribution in [3.63, 3.8) is 0 Å². The van der Waals surface area contributed by atoms with Gasteiger partial charge < -0.3 is 24.8 Å². The number of guanidine groups is 1. The molecule has 1 aromatic heterocycles. The fourth-order valence-electron chi connectivity index (χ4n) is 3.05. The molecule has 1 aliphatic rings. The first-order chi connectivity index (χ1) is 13.1. The van der Waals surface area contributed by atoms with E-state index in [1.165, 1.54) is 0 Å². The molecule has 0 bridgehead atoms. The molecular weight excluding hydrogens is 473 g/mol. The average molecular weight is 501 g/mol. The van der Waals surface area contributed by atoms with Crippen molar-refractivity contribution in [3.05, 3.63) is 41.7 Å². The van der Waals surface area contributed by atoms with E-state index in [9.17, 15) is 5.11 Å². The summed E-state index contributed by atoms with van der Waals surface area (Å²) in [6.45, 7) is 5.23. The number of benzene rings is 1. The van der Waals surface area contributed by atoms with Gasteiger partial charge in [0.05, 0.1) is 33.0 Å². The summed E-state index contributed by atoms with van der Waals surface area (Å²) in [5, 5.41) is 17.7. The molecule has 0 aliphatic carbocycles. The van der Waals surface area contributed by atoms with E-state index in [1.54, 1.807) is 30.0 Å². The standard InChI is InChI=1S/C19H27N5O3.HI/c1-4-20-19(21-10-14-9-16(26-3)5-6-17(14)25)24-7-8-27-18(13-24)15-11-22-23(2)12-15;/h5-6,9,11-12,18,25H,4,7-8,10,13H2,1-3H3,(H,20,21);1H. The molecule has 0 radical (unpaired) electrons. The van der Waals surface area contributed by atoms with Crippen LogP contribution in [0.2, 0.25) is 0 Å². The fourth-order valence-corrected chi connectivity index (χ4v) is 3.05. The van der Waals surface area contributed by atoms with Gasteiger partial charge in [0.2, 0.25) is 0 Å². The lowest BCUT2D eigenvalue weighted by Crippen LogP contribution is -2.48. The molecule has 1 saturated heterocycles. The van der Waals surface area contributed by atoms with Gasteiger partial charge in [-0.2, -0.15) is 5.10 Å². The Morgan fingerprint density at radius 2 is 2.29 bits per heavy atom. The number of aromatic nitrogens is 2. The van der Waals surface area contributed by atoms with E-state index in [0.29, 0.717) is 25.4 Å². The van der Waals surface area contributed by atoms with Gasteiger partial charge in [-0.1, -0.05) is 0 Å². The maximum Gasteiger partial charge on any atom is 0.194 e. The molecule has 1 aliphatic heterocycles. The van der Waals surface area contributed by atoms with E-state index >= 15 is 0 Å². The van der Waals surface area contributed by atoms with Crippen LogP contribution in [0, 0.1) is 0 Å². The highest BCUT2D eigenvalue weighted by molar-refractivity contribution is 14.0. The maximum absolute atomic E-state index is 10.1. The highest BCUT2D eigenvalue weighted by atomic mass is 127. The molecule has 3 rings (SSSR count). The number of hydrogen-bond acceptors (Lipinski definition) is 5. The SMILES string of the molecule is CCNC(=NCc1cc(OC)ccc1O)N1CCOC(c2cnn(C)c2)C1.I. The zero-order valence-corrected chi connectivity index (χ0v) is 18.8. The molecule has 2 heterocycles. The summed E-state index contributed by atoms with van der Waals surface area (Å²) in [5.74, 6) is 1.72. The van der Waals surface area contributed by atoms with Crippen molar-refractivity contribution in [2.24, 2.45) is 12.0 Å². The van der Waals surface area contributed by atoms with Crippen LogP contribution in [0.25, 0.3) is 0 Å². The summed E-state index contributed by atoms with van der Waals surface area (Å²) in [5.41, 5.74) is 1.78. The van der Waals surface area contributed by atoms with E-state index in [2.05, 4.69) is 15.3 Å². The van der Waals surface area contributed by atoms with Gasteiger partial charge in [-0.3, -0.25) is 4.68 Å². The Balaban J connectivity index is 0.00000280. The smallest absolute Gasteiger partial charge is 0.194 e. The van der Waals surface area contributed by atoms with Gasteiger partial charge >= 0.3 is 0 Å². The van der Waals surface area contributed by atoms with Crippen LogP contribution < -0.4 is 10.1 Å². The van der Waals surface area contributed by atoms with Crippen molar-refractivity contribution in [2.45, 2.75) is 19.6 Å². The zero-order chi connectivity index (χ0) is 19.2. The third-order valence-electron chi connectivity index (χ3n) is 4.48. The summed E-state index contributed by atoms with van der Waals surface area (Å²) < 4.78 is 12.9. The number of phenols is 1. The van der Waals surface area contributed by atoms with Crippen molar-refractivity contribution in [2.75, 3.05) is 33.4 Å². The van der Waals surface area contributed by atoms with Crippen molar-refractivity contribution < 1.29 is 14.6 Å². The molecule has 0 spiro atoms. The van der Waals surface area contributed by atoms with Crippen LogP contribution in [-0.2, 0) is 18.3 Å². The molecule has 0 amide bonds. The lowest BCUT2D eigenvalue weighted by molar-refractivity contribution is -0.00805. The molecule has 2 aromatic rings. The second kappa shape index (κ2) is 10.5. The number of methoxy groups -OCH3 is 1. The van der Waals surface area contributed by atoms with Gasteiger partial charge in [-0.15, -0.1) is 24.0 Å². The topological polar surface area (TPSA) is 84.1 Å². The molecule has 1 aromatic carbocycles. The Morgan fingerprint density at radius 1 is 1.46 bits per heavy atom. The van der Waals surface area contributed by atoms with Crippen molar-refractivity contribution in [3.8, 4) is 11.5 Å². The molecular formula is C19H28IN5O3. The molecule has 0 saturated carbocycles. The Kier molecular flexibility index (Phi) is 8.36. The second-order valence-electron chi connectivity index (χ2n) is 6.42. The normalized spacial score (nSPS) is 17.2. The van der Waals surface area contributed by atoms with Crippen molar-refractivity contribution >= 4 is 29.9 Å². The number of rotatable bonds is 5. The third kappa shape index (κ3) is 5.51. The summed E-state index contributed by atoms with van der Waals surface area (Å²) >= 11 is 0. The van der Waals surface area contributed by atoms with E-state index < -0.39 is 0 Å². The summed E-state index contributed by atoms with van der Waals surface area (Å²) in [4.78, 5) is 6.90. The second-order valence-corrected chi connectivity index (χ2v) is 6.42. The number of ether oxygens (including phenoxy) is 2. The molecule has 154 valence electrons. The number of hydrogen-bond donors (Lipinski definition) is 2. The highest BCUT2D eigenvalue weighted by Gasteiger charge is 2.25. The Hall–Kier alpha value is -2.01. The van der Waals surface area contributed by atoms with Crippen LogP contribution in [0.3, 0.4) is 0 Å². The van der Waals surface area contributed by atoms with Gasteiger partial charge in [0.25, 0.3) is 0 Å². The molecule has 1 atom stereocenters. The third-order valence-corrected chi connectivity index (χ3v) is 4.48.